The van der Waals surface area contributed by atoms with E-state index in [0.717, 1.165) is 12.5 Å². The van der Waals surface area contributed by atoms with E-state index >= 15 is 0 Å². The van der Waals surface area contributed by atoms with Gasteiger partial charge in [-0.15, -0.1) is 0 Å². The lowest BCUT2D eigenvalue weighted by atomic mass is 10.1. The van der Waals surface area contributed by atoms with Crippen LogP contribution in [0.3, 0.4) is 0 Å². The average Bonchev–Trinajstić information content (AvgIpc) is 2.74. The van der Waals surface area contributed by atoms with Gasteiger partial charge in [-0.25, -0.2) is 0 Å². The molecule has 0 amide bonds. The second-order valence-corrected chi connectivity index (χ2v) is 5.56. The van der Waals surface area contributed by atoms with Crippen LogP contribution in [0.2, 0.25) is 0 Å². The maximum absolute atomic E-state index is 3.19. The molecule has 0 aliphatic carbocycles. The number of nitrogens with zero attached hydrogens (tertiary/aromatic N) is 2. The monoisotopic (exact) mass is 247 g/mol. The zero-order valence-corrected chi connectivity index (χ0v) is 11.8. The Morgan fingerprint density at radius 2 is 2.28 bits per heavy atom. The van der Waals surface area contributed by atoms with Gasteiger partial charge in [0.1, 0.15) is 0 Å². The molecule has 0 spiro atoms. The van der Waals surface area contributed by atoms with Crippen molar-refractivity contribution in [3.05, 3.63) is 29.8 Å². The van der Waals surface area contributed by atoms with Crippen molar-refractivity contribution in [3.63, 3.8) is 0 Å². The summed E-state index contributed by atoms with van der Waals surface area (Å²) < 4.78 is 0. The molecule has 1 fully saturated rings. The van der Waals surface area contributed by atoms with Crippen LogP contribution in [0.5, 0.6) is 0 Å². The third-order valence-electron chi connectivity index (χ3n) is 3.73. The highest BCUT2D eigenvalue weighted by Crippen LogP contribution is 2.17. The summed E-state index contributed by atoms with van der Waals surface area (Å²) in [6.45, 7) is 4.75. The van der Waals surface area contributed by atoms with Crippen molar-refractivity contribution in [2.75, 3.05) is 46.1 Å². The van der Waals surface area contributed by atoms with E-state index in [2.05, 4.69) is 53.5 Å². The van der Waals surface area contributed by atoms with Crippen molar-refractivity contribution in [1.29, 1.82) is 0 Å². The topological polar surface area (TPSA) is 18.5 Å². The second-order valence-electron chi connectivity index (χ2n) is 5.56. The van der Waals surface area contributed by atoms with Crippen molar-refractivity contribution in [1.82, 2.24) is 9.80 Å². The van der Waals surface area contributed by atoms with Gasteiger partial charge in [0.25, 0.3) is 0 Å². The Labute approximate surface area is 111 Å². The van der Waals surface area contributed by atoms with Crippen LogP contribution < -0.4 is 5.32 Å². The van der Waals surface area contributed by atoms with Crippen LogP contribution in [-0.4, -0.2) is 50.6 Å². The van der Waals surface area contributed by atoms with Crippen molar-refractivity contribution in [3.8, 4) is 0 Å². The number of rotatable bonds is 5. The van der Waals surface area contributed by atoms with Gasteiger partial charge < -0.3 is 15.1 Å². The zero-order valence-electron chi connectivity index (χ0n) is 11.8. The van der Waals surface area contributed by atoms with Gasteiger partial charge in [-0.1, -0.05) is 12.1 Å². The summed E-state index contributed by atoms with van der Waals surface area (Å²) in [6.07, 6.45) is 1.34. The minimum Gasteiger partial charge on any atom is -0.388 e. The van der Waals surface area contributed by atoms with E-state index in [1.807, 2.05) is 7.05 Å². The van der Waals surface area contributed by atoms with E-state index in [-0.39, 0.29) is 0 Å². The van der Waals surface area contributed by atoms with Crippen LogP contribution in [0.4, 0.5) is 5.69 Å². The van der Waals surface area contributed by atoms with Crippen LogP contribution in [0.1, 0.15) is 12.0 Å². The summed E-state index contributed by atoms with van der Waals surface area (Å²) >= 11 is 0. The van der Waals surface area contributed by atoms with Gasteiger partial charge >= 0.3 is 0 Å². The predicted octanol–water partition coefficient (Wildman–Crippen LogP) is 2.11. The van der Waals surface area contributed by atoms with Crippen LogP contribution >= 0.6 is 0 Å². The van der Waals surface area contributed by atoms with E-state index in [1.54, 1.807) is 0 Å². The fourth-order valence-corrected chi connectivity index (χ4v) is 2.82. The van der Waals surface area contributed by atoms with Crippen LogP contribution in [0, 0.1) is 5.92 Å². The van der Waals surface area contributed by atoms with Crippen LogP contribution in [-0.2, 0) is 6.54 Å². The Balaban J connectivity index is 1.84. The average molecular weight is 247 g/mol. The molecule has 18 heavy (non-hydrogen) atoms. The minimum atomic E-state index is 0.840. The number of likely N-dealkylation sites (tertiary alicyclic amines) is 1. The molecule has 1 aliphatic heterocycles. The van der Waals surface area contributed by atoms with Gasteiger partial charge in [0.05, 0.1) is 0 Å². The number of hydrogen-bond donors (Lipinski definition) is 1. The normalized spacial score (nSPS) is 20.6. The Hall–Kier alpha value is -1.06. The Morgan fingerprint density at radius 3 is 2.94 bits per heavy atom. The standard InChI is InChI=1S/C15H25N3/c1-16-15-6-4-5-13(9-15)10-18(3)12-14-7-8-17(2)11-14/h4-6,9,14,16H,7-8,10-12H2,1-3H3. The molecule has 1 heterocycles. The molecule has 1 N–H and O–H groups in total. The van der Waals surface area contributed by atoms with Crippen LogP contribution in [0.15, 0.2) is 24.3 Å². The van der Waals surface area contributed by atoms with Gasteiger partial charge in [-0.2, -0.15) is 0 Å². The Kier molecular flexibility index (Phi) is 4.61. The summed E-state index contributed by atoms with van der Waals surface area (Å²) in [7, 11) is 6.41. The van der Waals surface area contributed by atoms with Gasteiger partial charge in [0, 0.05) is 32.4 Å². The first-order valence-electron chi connectivity index (χ1n) is 6.81. The zero-order chi connectivity index (χ0) is 13.0. The fourth-order valence-electron chi connectivity index (χ4n) is 2.82. The van der Waals surface area contributed by atoms with Gasteiger partial charge in [-0.05, 0) is 50.7 Å². The number of benzene rings is 1. The van der Waals surface area contributed by atoms with Crippen molar-refractivity contribution in [2.45, 2.75) is 13.0 Å². The first kappa shape index (κ1) is 13.4. The summed E-state index contributed by atoms with van der Waals surface area (Å²) in [5.41, 5.74) is 2.58. The van der Waals surface area contributed by atoms with Crippen LogP contribution in [0.25, 0.3) is 0 Å². The molecule has 0 aromatic heterocycles. The molecule has 1 unspecified atom stereocenters. The number of nitrogens with one attached hydrogen (secondary N) is 1. The van der Waals surface area contributed by atoms with Gasteiger partial charge in [0.2, 0.25) is 0 Å². The third kappa shape index (κ3) is 3.72. The van der Waals surface area contributed by atoms with Crippen molar-refractivity contribution < 1.29 is 0 Å². The second kappa shape index (κ2) is 6.21. The summed E-state index contributed by atoms with van der Waals surface area (Å²) in [6, 6.07) is 8.67. The van der Waals surface area contributed by atoms with Gasteiger partial charge in [-0.3, -0.25) is 0 Å². The molecule has 3 nitrogen and oxygen atoms in total. The smallest absolute Gasteiger partial charge is 0.0340 e. The maximum atomic E-state index is 3.19. The summed E-state index contributed by atoms with van der Waals surface area (Å²) in [4.78, 5) is 4.87. The maximum Gasteiger partial charge on any atom is 0.0340 e. The lowest BCUT2D eigenvalue weighted by Gasteiger charge is -2.21. The molecule has 100 valence electrons. The third-order valence-corrected chi connectivity index (χ3v) is 3.73. The molecule has 1 saturated heterocycles. The van der Waals surface area contributed by atoms with Crippen molar-refractivity contribution >= 4 is 5.69 Å². The predicted molar refractivity (Wildman–Crippen MR) is 77.9 cm³/mol. The Bertz CT molecular complexity index is 378. The number of anilines is 1. The largest absolute Gasteiger partial charge is 0.388 e. The molecule has 2 rings (SSSR count). The number of hydrogen-bond acceptors (Lipinski definition) is 3. The molecule has 0 radical (unpaired) electrons. The molecule has 0 bridgehead atoms. The van der Waals surface area contributed by atoms with E-state index in [1.165, 1.54) is 37.3 Å². The molecule has 1 aliphatic rings. The van der Waals surface area contributed by atoms with E-state index in [9.17, 15) is 0 Å². The molecular formula is C15H25N3. The van der Waals surface area contributed by atoms with E-state index in [4.69, 9.17) is 0 Å². The molecule has 0 saturated carbocycles. The highest BCUT2D eigenvalue weighted by atomic mass is 15.1. The van der Waals surface area contributed by atoms with E-state index in [0.29, 0.717) is 0 Å². The summed E-state index contributed by atoms with van der Waals surface area (Å²) in [5.74, 6) is 0.840. The first-order chi connectivity index (χ1) is 8.67. The highest BCUT2D eigenvalue weighted by Gasteiger charge is 2.20. The Morgan fingerprint density at radius 1 is 1.44 bits per heavy atom. The molecule has 1 aromatic rings. The van der Waals surface area contributed by atoms with Crippen molar-refractivity contribution in [2.24, 2.45) is 5.92 Å². The SMILES string of the molecule is CNc1cccc(CN(C)CC2CCN(C)C2)c1. The van der Waals surface area contributed by atoms with Gasteiger partial charge in [0.15, 0.2) is 0 Å². The highest BCUT2D eigenvalue weighted by molar-refractivity contribution is 5.44. The molecular weight excluding hydrogens is 222 g/mol. The lowest BCUT2D eigenvalue weighted by Crippen LogP contribution is -2.27. The lowest BCUT2D eigenvalue weighted by molar-refractivity contribution is 0.267. The summed E-state index contributed by atoms with van der Waals surface area (Å²) in [5, 5.41) is 3.19. The molecule has 1 atom stereocenters. The van der Waals surface area contributed by atoms with E-state index < -0.39 is 0 Å². The molecule has 1 aromatic carbocycles. The molecule has 3 heteroatoms. The fraction of sp³-hybridized carbons (Fsp3) is 0.600. The first-order valence-corrected chi connectivity index (χ1v) is 6.81. The minimum absolute atomic E-state index is 0.840. The quantitative estimate of drug-likeness (QED) is 0.860.